The van der Waals surface area contributed by atoms with Crippen molar-refractivity contribution < 1.29 is 13.5 Å². The summed E-state index contributed by atoms with van der Waals surface area (Å²) in [6, 6.07) is 6.92. The number of rotatable bonds is 6. The first-order valence-electron chi connectivity index (χ1n) is 6.37. The van der Waals surface area contributed by atoms with Crippen molar-refractivity contribution >= 4 is 0 Å². The third kappa shape index (κ3) is 3.77. The summed E-state index contributed by atoms with van der Waals surface area (Å²) in [5.41, 5.74) is 2.55. The third-order valence-corrected chi connectivity index (χ3v) is 2.77. The van der Waals surface area contributed by atoms with Gasteiger partial charge in [0.1, 0.15) is 5.75 Å². The monoisotopic (exact) mass is 281 g/mol. The molecule has 0 aliphatic carbocycles. The summed E-state index contributed by atoms with van der Waals surface area (Å²) in [5.74, 6) is 0.134. The van der Waals surface area contributed by atoms with Crippen LogP contribution in [-0.4, -0.2) is 22.9 Å². The normalized spacial score (nSPS) is 11.3. The number of H-pyrrole nitrogens is 1. The van der Waals surface area contributed by atoms with Gasteiger partial charge in [0, 0.05) is 23.7 Å². The van der Waals surface area contributed by atoms with Gasteiger partial charge in [-0.2, -0.15) is 13.9 Å². The number of alkyl halides is 2. The number of aromatic nitrogens is 2. The molecule has 20 heavy (non-hydrogen) atoms. The molecule has 2 aromatic rings. The van der Waals surface area contributed by atoms with E-state index < -0.39 is 6.61 Å². The maximum atomic E-state index is 12.2. The van der Waals surface area contributed by atoms with E-state index in [4.69, 9.17) is 0 Å². The number of ether oxygens (including phenoxy) is 1. The van der Waals surface area contributed by atoms with Crippen LogP contribution in [0.1, 0.15) is 19.4 Å². The third-order valence-electron chi connectivity index (χ3n) is 2.77. The van der Waals surface area contributed by atoms with Crippen LogP contribution in [0.3, 0.4) is 0 Å². The molecule has 0 spiro atoms. The molecule has 0 amide bonds. The van der Waals surface area contributed by atoms with E-state index in [-0.39, 0.29) is 5.75 Å². The van der Waals surface area contributed by atoms with Crippen LogP contribution in [-0.2, 0) is 6.54 Å². The molecule has 1 aromatic carbocycles. The minimum atomic E-state index is -2.82. The maximum absolute atomic E-state index is 12.2. The van der Waals surface area contributed by atoms with Crippen LogP contribution in [0.4, 0.5) is 8.78 Å². The minimum Gasteiger partial charge on any atom is -0.435 e. The Hall–Kier alpha value is -1.95. The van der Waals surface area contributed by atoms with Crippen LogP contribution < -0.4 is 10.1 Å². The van der Waals surface area contributed by atoms with Crippen molar-refractivity contribution in [1.29, 1.82) is 0 Å². The Balaban J connectivity index is 2.21. The first-order chi connectivity index (χ1) is 9.56. The number of nitrogens with one attached hydrogen (secondary N) is 2. The molecule has 2 N–H and O–H groups in total. The number of hydrogen-bond donors (Lipinski definition) is 2. The highest BCUT2D eigenvalue weighted by atomic mass is 19.3. The maximum Gasteiger partial charge on any atom is 0.387 e. The van der Waals surface area contributed by atoms with Gasteiger partial charge < -0.3 is 10.1 Å². The molecular weight excluding hydrogens is 264 g/mol. The second-order valence-electron chi connectivity index (χ2n) is 4.71. The van der Waals surface area contributed by atoms with Crippen LogP contribution >= 0.6 is 0 Å². The van der Waals surface area contributed by atoms with E-state index >= 15 is 0 Å². The molecule has 0 saturated heterocycles. The highest BCUT2D eigenvalue weighted by molar-refractivity contribution is 5.64. The van der Waals surface area contributed by atoms with Crippen LogP contribution in [0.5, 0.6) is 5.75 Å². The van der Waals surface area contributed by atoms with E-state index in [1.165, 1.54) is 6.07 Å². The smallest absolute Gasteiger partial charge is 0.387 e. The Morgan fingerprint density at radius 3 is 2.85 bits per heavy atom. The average molecular weight is 281 g/mol. The van der Waals surface area contributed by atoms with Crippen molar-refractivity contribution in [3.8, 4) is 17.0 Å². The second kappa shape index (κ2) is 6.47. The first-order valence-corrected chi connectivity index (χ1v) is 6.37. The lowest BCUT2D eigenvalue weighted by Gasteiger charge is -2.09. The highest BCUT2D eigenvalue weighted by Crippen LogP contribution is 2.25. The SMILES string of the molecule is CC(C)NCc1cn[nH]c1-c1cccc(OC(F)F)c1. The minimum absolute atomic E-state index is 0.134. The lowest BCUT2D eigenvalue weighted by Crippen LogP contribution is -2.21. The molecule has 0 aliphatic rings. The van der Waals surface area contributed by atoms with Gasteiger partial charge >= 0.3 is 6.61 Å². The van der Waals surface area contributed by atoms with Crippen LogP contribution in [0.25, 0.3) is 11.3 Å². The average Bonchev–Trinajstić information content (AvgIpc) is 2.84. The molecule has 4 nitrogen and oxygen atoms in total. The summed E-state index contributed by atoms with van der Waals surface area (Å²) in [6.45, 7) is 1.94. The molecule has 0 fully saturated rings. The van der Waals surface area contributed by atoms with Crippen LogP contribution in [0, 0.1) is 0 Å². The quantitative estimate of drug-likeness (QED) is 0.855. The molecule has 1 heterocycles. The fourth-order valence-electron chi connectivity index (χ4n) is 1.84. The Bertz CT molecular complexity index is 555. The molecule has 1 aromatic heterocycles. The fraction of sp³-hybridized carbons (Fsp3) is 0.357. The van der Waals surface area contributed by atoms with Crippen molar-refractivity contribution in [2.75, 3.05) is 0 Å². The van der Waals surface area contributed by atoms with E-state index in [1.54, 1.807) is 18.3 Å². The number of aromatic amines is 1. The molecular formula is C14H17F2N3O. The lowest BCUT2D eigenvalue weighted by atomic mass is 10.1. The summed E-state index contributed by atoms with van der Waals surface area (Å²) in [7, 11) is 0. The Morgan fingerprint density at radius 1 is 1.35 bits per heavy atom. The van der Waals surface area contributed by atoms with E-state index in [1.807, 2.05) is 6.07 Å². The number of nitrogens with zero attached hydrogens (tertiary/aromatic N) is 1. The molecule has 0 radical (unpaired) electrons. The predicted octanol–water partition coefficient (Wildman–Crippen LogP) is 3.18. The predicted molar refractivity (Wildman–Crippen MR) is 72.6 cm³/mol. The Morgan fingerprint density at radius 2 is 2.15 bits per heavy atom. The van der Waals surface area contributed by atoms with Crippen LogP contribution in [0.2, 0.25) is 0 Å². The summed E-state index contributed by atoms with van der Waals surface area (Å²) < 4.78 is 28.9. The summed E-state index contributed by atoms with van der Waals surface area (Å²) in [5, 5.41) is 10.2. The number of halogens is 2. The Labute approximate surface area is 116 Å². The zero-order chi connectivity index (χ0) is 14.5. The molecule has 2 rings (SSSR count). The summed E-state index contributed by atoms with van der Waals surface area (Å²) in [6.07, 6.45) is 1.73. The summed E-state index contributed by atoms with van der Waals surface area (Å²) in [4.78, 5) is 0. The molecule has 0 saturated carbocycles. The Kier molecular flexibility index (Phi) is 4.68. The zero-order valence-electron chi connectivity index (χ0n) is 11.4. The van der Waals surface area contributed by atoms with Gasteiger partial charge in [0.25, 0.3) is 0 Å². The van der Waals surface area contributed by atoms with Crippen molar-refractivity contribution in [3.05, 3.63) is 36.0 Å². The molecule has 0 bridgehead atoms. The molecule has 6 heteroatoms. The van der Waals surface area contributed by atoms with Gasteiger partial charge in [-0.05, 0) is 12.1 Å². The van der Waals surface area contributed by atoms with E-state index in [0.29, 0.717) is 12.6 Å². The van der Waals surface area contributed by atoms with Crippen molar-refractivity contribution in [2.45, 2.75) is 33.0 Å². The molecule has 0 atom stereocenters. The molecule has 0 aliphatic heterocycles. The van der Waals surface area contributed by atoms with Gasteiger partial charge in [0.2, 0.25) is 0 Å². The largest absolute Gasteiger partial charge is 0.435 e. The van der Waals surface area contributed by atoms with E-state index in [0.717, 1.165) is 16.8 Å². The number of benzene rings is 1. The van der Waals surface area contributed by atoms with Crippen molar-refractivity contribution in [1.82, 2.24) is 15.5 Å². The van der Waals surface area contributed by atoms with Gasteiger partial charge in [0.15, 0.2) is 0 Å². The van der Waals surface area contributed by atoms with Crippen LogP contribution in [0.15, 0.2) is 30.5 Å². The standard InChI is InChI=1S/C14H17F2N3O/c1-9(2)17-7-11-8-18-19-13(11)10-4-3-5-12(6-10)20-14(15)16/h3-6,8-9,14,17H,7H2,1-2H3,(H,18,19). The van der Waals surface area contributed by atoms with E-state index in [2.05, 4.69) is 34.1 Å². The fourth-order valence-corrected chi connectivity index (χ4v) is 1.84. The number of hydrogen-bond acceptors (Lipinski definition) is 3. The second-order valence-corrected chi connectivity index (χ2v) is 4.71. The lowest BCUT2D eigenvalue weighted by molar-refractivity contribution is -0.0498. The van der Waals surface area contributed by atoms with E-state index in [9.17, 15) is 8.78 Å². The molecule has 108 valence electrons. The highest BCUT2D eigenvalue weighted by Gasteiger charge is 2.10. The zero-order valence-corrected chi connectivity index (χ0v) is 11.4. The van der Waals surface area contributed by atoms with Gasteiger partial charge in [0.05, 0.1) is 11.9 Å². The summed E-state index contributed by atoms with van der Waals surface area (Å²) >= 11 is 0. The van der Waals surface area contributed by atoms with Gasteiger partial charge in [-0.1, -0.05) is 26.0 Å². The topological polar surface area (TPSA) is 49.9 Å². The van der Waals surface area contributed by atoms with Gasteiger partial charge in [-0.25, -0.2) is 0 Å². The van der Waals surface area contributed by atoms with Crippen molar-refractivity contribution in [2.24, 2.45) is 0 Å². The first kappa shape index (κ1) is 14.5. The van der Waals surface area contributed by atoms with Crippen molar-refractivity contribution in [3.63, 3.8) is 0 Å². The molecule has 0 unspecified atom stereocenters. The van der Waals surface area contributed by atoms with Gasteiger partial charge in [-0.3, -0.25) is 5.10 Å². The van der Waals surface area contributed by atoms with Gasteiger partial charge in [-0.15, -0.1) is 0 Å².